The molecule has 1 heterocycles. The van der Waals surface area contributed by atoms with Crippen molar-refractivity contribution < 1.29 is 4.74 Å². The van der Waals surface area contributed by atoms with Gasteiger partial charge in [-0.15, -0.1) is 0 Å². The van der Waals surface area contributed by atoms with Gasteiger partial charge in [0.2, 0.25) is 0 Å². The summed E-state index contributed by atoms with van der Waals surface area (Å²) >= 11 is 0. The summed E-state index contributed by atoms with van der Waals surface area (Å²) in [6, 6.07) is 8.31. The molecular weight excluding hydrogens is 262 g/mol. The van der Waals surface area contributed by atoms with Crippen LogP contribution >= 0.6 is 0 Å². The van der Waals surface area contributed by atoms with E-state index in [-0.39, 0.29) is 5.54 Å². The highest BCUT2D eigenvalue weighted by Crippen LogP contribution is 2.13. The molecule has 4 nitrogen and oxygen atoms in total. The van der Waals surface area contributed by atoms with Crippen LogP contribution in [0.2, 0.25) is 0 Å². The predicted octanol–water partition coefficient (Wildman–Crippen LogP) is 3.24. The van der Waals surface area contributed by atoms with Crippen LogP contribution in [0.3, 0.4) is 0 Å². The number of rotatable bonds is 7. The first-order chi connectivity index (χ1) is 10.0. The molecular formula is C17H25N3O. The summed E-state index contributed by atoms with van der Waals surface area (Å²) in [5.41, 5.74) is 1.42. The van der Waals surface area contributed by atoms with E-state index >= 15 is 0 Å². The minimum absolute atomic E-state index is 0.141. The molecule has 114 valence electrons. The van der Waals surface area contributed by atoms with Crippen LogP contribution in [0, 0.1) is 0 Å². The third-order valence-electron chi connectivity index (χ3n) is 3.13. The Hall–Kier alpha value is -1.81. The maximum absolute atomic E-state index is 5.75. The number of aryl methyl sites for hydroxylation is 1. The second-order valence-electron chi connectivity index (χ2n) is 6.25. The number of aromatic nitrogens is 2. The van der Waals surface area contributed by atoms with E-state index in [2.05, 4.69) is 47.8 Å². The molecule has 0 spiro atoms. The van der Waals surface area contributed by atoms with E-state index in [1.54, 1.807) is 6.20 Å². The van der Waals surface area contributed by atoms with Gasteiger partial charge in [-0.1, -0.05) is 12.1 Å². The summed E-state index contributed by atoms with van der Waals surface area (Å²) in [5.74, 6) is 0.931. The number of nitrogens with one attached hydrogen (secondary N) is 1. The highest BCUT2D eigenvalue weighted by Gasteiger charge is 2.08. The third kappa shape index (κ3) is 6.00. The molecule has 0 aliphatic carbocycles. The molecule has 0 saturated heterocycles. The largest absolute Gasteiger partial charge is 0.494 e. The van der Waals surface area contributed by atoms with Crippen molar-refractivity contribution in [3.63, 3.8) is 0 Å². The van der Waals surface area contributed by atoms with Crippen LogP contribution in [0.4, 0.5) is 0 Å². The van der Waals surface area contributed by atoms with Crippen LogP contribution in [-0.2, 0) is 13.1 Å². The van der Waals surface area contributed by atoms with Crippen LogP contribution in [0.15, 0.2) is 43.0 Å². The van der Waals surface area contributed by atoms with Crippen LogP contribution in [0.25, 0.3) is 0 Å². The van der Waals surface area contributed by atoms with Crippen molar-refractivity contribution in [1.29, 1.82) is 0 Å². The predicted molar refractivity (Wildman–Crippen MR) is 85.4 cm³/mol. The molecule has 0 atom stereocenters. The monoisotopic (exact) mass is 287 g/mol. The quantitative estimate of drug-likeness (QED) is 0.795. The zero-order valence-corrected chi connectivity index (χ0v) is 13.2. The molecule has 0 fully saturated rings. The summed E-state index contributed by atoms with van der Waals surface area (Å²) in [5, 5.41) is 3.48. The molecule has 4 heteroatoms. The number of benzene rings is 1. The van der Waals surface area contributed by atoms with Gasteiger partial charge in [0.15, 0.2) is 0 Å². The van der Waals surface area contributed by atoms with Gasteiger partial charge in [-0.25, -0.2) is 4.98 Å². The number of hydrogen-bond acceptors (Lipinski definition) is 3. The Morgan fingerprint density at radius 1 is 1.19 bits per heavy atom. The second-order valence-corrected chi connectivity index (χ2v) is 6.25. The number of hydrogen-bond donors (Lipinski definition) is 1. The van der Waals surface area contributed by atoms with E-state index in [0.29, 0.717) is 0 Å². The SMILES string of the molecule is CC(C)(C)NCc1ccc(OCCCn2ccnc2)cc1. The zero-order chi connectivity index (χ0) is 15.1. The normalized spacial score (nSPS) is 11.6. The summed E-state index contributed by atoms with van der Waals surface area (Å²) < 4.78 is 7.81. The van der Waals surface area contributed by atoms with Gasteiger partial charge in [0.05, 0.1) is 12.9 Å². The molecule has 21 heavy (non-hydrogen) atoms. The van der Waals surface area contributed by atoms with Crippen LogP contribution < -0.4 is 10.1 Å². The molecule has 1 N–H and O–H groups in total. The lowest BCUT2D eigenvalue weighted by atomic mass is 10.1. The first kappa shape index (κ1) is 15.6. The summed E-state index contributed by atoms with van der Waals surface area (Å²) in [6.45, 7) is 9.05. The maximum atomic E-state index is 5.75. The van der Waals surface area contributed by atoms with Gasteiger partial charge in [-0.05, 0) is 44.9 Å². The Morgan fingerprint density at radius 2 is 1.95 bits per heavy atom. The van der Waals surface area contributed by atoms with Crippen molar-refractivity contribution in [3.8, 4) is 5.75 Å². The van der Waals surface area contributed by atoms with E-state index < -0.39 is 0 Å². The summed E-state index contributed by atoms with van der Waals surface area (Å²) in [4.78, 5) is 4.02. The number of imidazole rings is 1. The minimum Gasteiger partial charge on any atom is -0.494 e. The molecule has 0 amide bonds. The van der Waals surface area contributed by atoms with Crippen molar-refractivity contribution in [3.05, 3.63) is 48.5 Å². The minimum atomic E-state index is 0.141. The molecule has 0 aliphatic heterocycles. The molecule has 0 saturated carbocycles. The van der Waals surface area contributed by atoms with Gasteiger partial charge >= 0.3 is 0 Å². The average molecular weight is 287 g/mol. The molecule has 0 bridgehead atoms. The van der Waals surface area contributed by atoms with Gasteiger partial charge in [0.1, 0.15) is 5.75 Å². The zero-order valence-electron chi connectivity index (χ0n) is 13.2. The summed E-state index contributed by atoms with van der Waals surface area (Å²) in [7, 11) is 0. The Balaban J connectivity index is 1.69. The van der Waals surface area contributed by atoms with Gasteiger partial charge < -0.3 is 14.6 Å². The topological polar surface area (TPSA) is 39.1 Å². The van der Waals surface area contributed by atoms with Crippen molar-refractivity contribution in [2.24, 2.45) is 0 Å². The van der Waals surface area contributed by atoms with Crippen molar-refractivity contribution in [2.45, 2.75) is 45.8 Å². The Labute approximate surface area is 127 Å². The highest BCUT2D eigenvalue weighted by atomic mass is 16.5. The van der Waals surface area contributed by atoms with Crippen LogP contribution in [0.1, 0.15) is 32.8 Å². The smallest absolute Gasteiger partial charge is 0.119 e. The first-order valence-electron chi connectivity index (χ1n) is 7.45. The Kier molecular flexibility index (Phi) is 5.39. The molecule has 0 aliphatic rings. The van der Waals surface area contributed by atoms with Gasteiger partial charge in [0, 0.05) is 31.0 Å². The van der Waals surface area contributed by atoms with E-state index in [1.807, 2.05) is 24.7 Å². The number of nitrogens with zero attached hydrogens (tertiary/aromatic N) is 2. The molecule has 1 aromatic heterocycles. The lowest BCUT2D eigenvalue weighted by Crippen LogP contribution is -2.35. The van der Waals surface area contributed by atoms with Crippen molar-refractivity contribution in [2.75, 3.05) is 6.61 Å². The van der Waals surface area contributed by atoms with Crippen LogP contribution in [0.5, 0.6) is 5.75 Å². The maximum Gasteiger partial charge on any atom is 0.119 e. The average Bonchev–Trinajstić information content (AvgIpc) is 2.95. The van der Waals surface area contributed by atoms with E-state index in [0.717, 1.165) is 31.9 Å². The lowest BCUT2D eigenvalue weighted by Gasteiger charge is -2.20. The van der Waals surface area contributed by atoms with Crippen molar-refractivity contribution in [1.82, 2.24) is 14.9 Å². The van der Waals surface area contributed by atoms with Gasteiger partial charge in [-0.3, -0.25) is 0 Å². The fraction of sp³-hybridized carbons (Fsp3) is 0.471. The summed E-state index contributed by atoms with van der Waals surface area (Å²) in [6.07, 6.45) is 6.57. The highest BCUT2D eigenvalue weighted by molar-refractivity contribution is 5.27. The van der Waals surface area contributed by atoms with Crippen LogP contribution in [-0.4, -0.2) is 21.7 Å². The number of ether oxygens (including phenoxy) is 1. The van der Waals surface area contributed by atoms with E-state index in [4.69, 9.17) is 4.74 Å². The second kappa shape index (κ2) is 7.27. The molecule has 2 rings (SSSR count). The molecule has 0 radical (unpaired) electrons. The standard InChI is InChI=1S/C17H25N3O/c1-17(2,3)19-13-15-5-7-16(8-6-15)21-12-4-10-20-11-9-18-14-20/h5-9,11,14,19H,4,10,12-13H2,1-3H3. The van der Waals surface area contributed by atoms with Crippen molar-refractivity contribution >= 4 is 0 Å². The fourth-order valence-electron chi connectivity index (χ4n) is 1.93. The van der Waals surface area contributed by atoms with Gasteiger partial charge in [-0.2, -0.15) is 0 Å². The third-order valence-corrected chi connectivity index (χ3v) is 3.13. The van der Waals surface area contributed by atoms with E-state index in [9.17, 15) is 0 Å². The van der Waals surface area contributed by atoms with Gasteiger partial charge in [0.25, 0.3) is 0 Å². The molecule has 0 unspecified atom stereocenters. The molecule has 1 aromatic carbocycles. The Morgan fingerprint density at radius 3 is 2.57 bits per heavy atom. The lowest BCUT2D eigenvalue weighted by molar-refractivity contribution is 0.301. The Bertz CT molecular complexity index is 512. The first-order valence-corrected chi connectivity index (χ1v) is 7.45. The molecule has 2 aromatic rings. The van der Waals surface area contributed by atoms with E-state index in [1.165, 1.54) is 5.56 Å². The fourth-order valence-corrected chi connectivity index (χ4v) is 1.93.